The van der Waals surface area contributed by atoms with Crippen molar-refractivity contribution in [3.05, 3.63) is 35.5 Å². The first-order chi connectivity index (χ1) is 14.8. The highest BCUT2D eigenvalue weighted by molar-refractivity contribution is 5.84. The van der Waals surface area contributed by atoms with Crippen LogP contribution in [-0.4, -0.2) is 49.1 Å². The number of H-pyrrole nitrogens is 1. The summed E-state index contributed by atoms with van der Waals surface area (Å²) in [4.78, 5) is 14.3. The fourth-order valence-corrected chi connectivity index (χ4v) is 1.94. The summed E-state index contributed by atoms with van der Waals surface area (Å²) in [6.07, 6.45) is -3.42. The van der Waals surface area contributed by atoms with Gasteiger partial charge in [-0.25, -0.2) is 4.79 Å². The summed E-state index contributed by atoms with van der Waals surface area (Å²) in [5, 5.41) is 1.99. The quantitative estimate of drug-likeness (QED) is 0.887. The van der Waals surface area contributed by atoms with Gasteiger partial charge >= 0.3 is 6.09 Å². The third-order valence-corrected chi connectivity index (χ3v) is 2.85. The van der Waals surface area contributed by atoms with Gasteiger partial charge in [0.1, 0.15) is 6.56 Å². The Bertz CT molecular complexity index is 1110. The van der Waals surface area contributed by atoms with E-state index in [0.29, 0.717) is 0 Å². The Morgan fingerprint density at radius 1 is 1.67 bits per heavy atom. The number of aromatic amines is 1. The van der Waals surface area contributed by atoms with E-state index in [4.69, 9.17) is 16.4 Å². The van der Waals surface area contributed by atoms with Gasteiger partial charge in [0.2, 0.25) is 0 Å². The van der Waals surface area contributed by atoms with Crippen molar-refractivity contribution in [1.82, 2.24) is 15.2 Å². The highest BCUT2D eigenvalue weighted by atomic mass is 16.6. The van der Waals surface area contributed by atoms with E-state index < -0.39 is 68.7 Å². The minimum Gasteiger partial charge on any atom is -0.447 e. The Morgan fingerprint density at radius 3 is 3.33 bits per heavy atom. The monoisotopic (exact) mass is 299 g/mol. The molecule has 21 heavy (non-hydrogen) atoms. The number of cyclic esters (lactones) is 1. The predicted octanol–water partition coefficient (Wildman–Crippen LogP) is 1.92. The maximum absolute atomic E-state index is 11.5. The van der Waals surface area contributed by atoms with Gasteiger partial charge in [-0.05, 0) is 50.0 Å². The van der Waals surface area contributed by atoms with Crippen LogP contribution in [0.15, 0.2) is 24.3 Å². The number of carbonyl (C=O) groups excluding carboxylic acids is 1. The van der Waals surface area contributed by atoms with Crippen LogP contribution in [0.25, 0.3) is 10.9 Å². The minimum atomic E-state index is -3.08. The molecule has 1 amide bonds. The lowest BCUT2D eigenvalue weighted by Gasteiger charge is -2.09. The highest BCUT2D eigenvalue weighted by Gasteiger charge is 2.22. The maximum Gasteiger partial charge on any atom is 0.407 e. The van der Waals surface area contributed by atoms with Gasteiger partial charge in [0, 0.05) is 33.2 Å². The second kappa shape index (κ2) is 5.77. The minimum absolute atomic E-state index is 0.130. The largest absolute Gasteiger partial charge is 0.447 e. The average molecular weight is 299 g/mol. The van der Waals surface area contributed by atoms with Crippen molar-refractivity contribution in [1.29, 1.82) is 0 Å². The number of carbonyl (C=O) groups is 1. The van der Waals surface area contributed by atoms with Gasteiger partial charge in [0.05, 0.1) is 12.9 Å². The number of alkyl carbamates (subject to hydrolysis) is 1. The van der Waals surface area contributed by atoms with Crippen molar-refractivity contribution in [2.24, 2.45) is 0 Å². The Labute approximate surface area is 141 Å². The molecule has 1 saturated heterocycles. The van der Waals surface area contributed by atoms with Crippen molar-refractivity contribution in [2.45, 2.75) is 18.8 Å². The summed E-state index contributed by atoms with van der Waals surface area (Å²) in [6, 6.07) is -2.67. The van der Waals surface area contributed by atoms with E-state index in [0.717, 1.165) is 13.2 Å². The Hall–Kier alpha value is -2.01. The standard InChI is InChI=1S/C16H21N3O2/c1-19(2)6-5-12-9-17-15-4-3-11(8-14(12)15)7-13-10-21-16(20)18-13/h3-4,8-9,13,17H,5-7,10H2,1-2H3,(H,18,20)/t13-/m0/s1/i1D3,3D,4D,5D2,6D2,8D,10D2. The number of nitrogens with one attached hydrogen (secondary N) is 2. The van der Waals surface area contributed by atoms with Crippen LogP contribution < -0.4 is 5.32 Å². The molecule has 0 bridgehead atoms. The van der Waals surface area contributed by atoms with Gasteiger partial charge in [0.15, 0.2) is 0 Å². The molecule has 0 aliphatic carbocycles. The molecule has 2 heterocycles. The number of benzene rings is 1. The van der Waals surface area contributed by atoms with E-state index >= 15 is 0 Å². The topological polar surface area (TPSA) is 57.4 Å². The number of nitrogens with zero attached hydrogens (tertiary/aromatic N) is 1. The number of ether oxygens (including phenoxy) is 1. The van der Waals surface area contributed by atoms with Crippen LogP contribution >= 0.6 is 0 Å². The lowest BCUT2D eigenvalue weighted by Crippen LogP contribution is -2.28. The molecule has 1 fully saturated rings. The molecule has 0 spiro atoms. The molecular formula is C16H21N3O2. The molecule has 0 radical (unpaired) electrons. The molecule has 1 aromatic carbocycles. The lowest BCUT2D eigenvalue weighted by molar-refractivity contribution is 0.177. The summed E-state index contributed by atoms with van der Waals surface area (Å²) < 4.78 is 101. The molecule has 3 rings (SSSR count). The number of hydrogen-bond acceptors (Lipinski definition) is 3. The highest BCUT2D eigenvalue weighted by Crippen LogP contribution is 2.21. The van der Waals surface area contributed by atoms with Crippen LogP contribution in [-0.2, 0) is 17.5 Å². The Balaban J connectivity index is 2.20. The first-order valence-corrected chi connectivity index (χ1v) is 6.17. The van der Waals surface area contributed by atoms with Gasteiger partial charge in [-0.1, -0.05) is 6.04 Å². The van der Waals surface area contributed by atoms with Gasteiger partial charge in [-0.3, -0.25) is 0 Å². The number of likely N-dealkylation sites (N-methyl/N-ethyl adjacent to an activating group) is 1. The molecule has 0 unspecified atom stereocenters. The van der Waals surface area contributed by atoms with Gasteiger partial charge in [0.25, 0.3) is 0 Å². The SMILES string of the molecule is [2H]c1c(C[C@@H]2NC(=O)OC2([2H])[2H])c([2H])c2c(C([2H])([2H])C([2H])([2H])N(C)C([2H])([2H])[2H])c[nH]c2c1[2H]. The predicted molar refractivity (Wildman–Crippen MR) is 82.5 cm³/mol. The fraction of sp³-hybridized carbons (Fsp3) is 0.438. The fourth-order valence-electron chi connectivity index (χ4n) is 1.94. The number of aryl methyl sites for hydroxylation is 1. The summed E-state index contributed by atoms with van der Waals surface area (Å²) in [5.74, 6) is 0. The number of rotatable bonds is 5. The molecule has 1 aliphatic rings. The van der Waals surface area contributed by atoms with Crippen molar-refractivity contribution >= 4 is 17.0 Å². The van der Waals surface area contributed by atoms with Crippen LogP contribution in [0.1, 0.15) is 27.6 Å². The molecule has 0 saturated carbocycles. The Morgan fingerprint density at radius 2 is 2.57 bits per heavy atom. The second-order valence-corrected chi connectivity index (χ2v) is 4.51. The van der Waals surface area contributed by atoms with Crippen LogP contribution in [0.3, 0.4) is 0 Å². The number of aromatic nitrogens is 1. The molecule has 1 aliphatic heterocycles. The van der Waals surface area contributed by atoms with Crippen LogP contribution in [0.5, 0.6) is 0 Å². The first kappa shape index (κ1) is 5.65. The van der Waals surface area contributed by atoms with Gasteiger partial charge in [-0.15, -0.1) is 0 Å². The molecule has 2 aromatic rings. The molecule has 112 valence electrons. The van der Waals surface area contributed by atoms with E-state index in [1.807, 2.05) is 0 Å². The summed E-state index contributed by atoms with van der Waals surface area (Å²) in [5.41, 5.74) is -0.753. The van der Waals surface area contributed by atoms with Crippen molar-refractivity contribution in [2.75, 3.05) is 27.1 Å². The van der Waals surface area contributed by atoms with Crippen molar-refractivity contribution < 1.29 is 26.0 Å². The first-order valence-electron chi connectivity index (χ1n) is 12.2. The summed E-state index contributed by atoms with van der Waals surface area (Å²) >= 11 is 0. The molecule has 5 nitrogen and oxygen atoms in total. The van der Waals surface area contributed by atoms with E-state index in [2.05, 4.69) is 15.0 Å². The van der Waals surface area contributed by atoms with Gasteiger partial charge < -0.3 is 19.9 Å². The third kappa shape index (κ3) is 3.19. The summed E-state index contributed by atoms with van der Waals surface area (Å²) in [6.45, 7) is -8.51. The zero-order valence-electron chi connectivity index (χ0n) is 23.1. The molecular weight excluding hydrogens is 266 g/mol. The second-order valence-electron chi connectivity index (χ2n) is 4.51. The van der Waals surface area contributed by atoms with E-state index in [-0.39, 0.29) is 21.4 Å². The van der Waals surface area contributed by atoms with E-state index in [1.54, 1.807) is 0 Å². The van der Waals surface area contributed by atoms with Crippen molar-refractivity contribution in [3.63, 3.8) is 0 Å². The zero-order chi connectivity index (χ0) is 25.3. The number of amides is 1. The number of fused-ring (bicyclic) bond motifs is 1. The van der Waals surface area contributed by atoms with Crippen LogP contribution in [0.2, 0.25) is 0 Å². The zero-order valence-corrected chi connectivity index (χ0v) is 11.1. The average Bonchev–Trinajstić information content (AvgIpc) is 3.22. The van der Waals surface area contributed by atoms with Gasteiger partial charge in [-0.2, -0.15) is 0 Å². The lowest BCUT2D eigenvalue weighted by atomic mass is 10.0. The smallest absolute Gasteiger partial charge is 0.407 e. The maximum atomic E-state index is 11.5. The van der Waals surface area contributed by atoms with Crippen LogP contribution in [0.4, 0.5) is 4.79 Å². The van der Waals surface area contributed by atoms with E-state index in [1.165, 1.54) is 0 Å². The van der Waals surface area contributed by atoms with E-state index in [9.17, 15) is 4.79 Å². The van der Waals surface area contributed by atoms with Crippen LogP contribution in [0, 0.1) is 0 Å². The molecule has 1 aromatic heterocycles. The summed E-state index contributed by atoms with van der Waals surface area (Å²) in [7, 11) is 0.898. The molecule has 1 atom stereocenters. The number of hydrogen-bond donors (Lipinski definition) is 2. The Kier molecular flexibility index (Phi) is 1.55. The van der Waals surface area contributed by atoms with Crippen molar-refractivity contribution in [3.8, 4) is 0 Å². The molecule has 5 heteroatoms. The molecule has 2 N–H and O–H groups in total. The normalized spacial score (nSPS) is 31.0. The third-order valence-electron chi connectivity index (χ3n) is 2.85.